The van der Waals surface area contributed by atoms with E-state index in [9.17, 15) is 5.11 Å². The monoisotopic (exact) mass is 373 g/mol. The van der Waals surface area contributed by atoms with Gasteiger partial charge >= 0.3 is 0 Å². The number of rotatable bonds is 3. The third-order valence-corrected chi connectivity index (χ3v) is 5.17. The van der Waals surface area contributed by atoms with Crippen LogP contribution in [0.5, 0.6) is 17.2 Å². The number of ether oxygens (including phenoxy) is 2. The lowest BCUT2D eigenvalue weighted by Crippen LogP contribution is -2.33. The molecule has 6 nitrogen and oxygen atoms in total. The third kappa shape index (κ3) is 2.65. The van der Waals surface area contributed by atoms with E-state index < -0.39 is 6.23 Å². The van der Waals surface area contributed by atoms with Crippen LogP contribution in [-0.2, 0) is 0 Å². The summed E-state index contributed by atoms with van der Waals surface area (Å²) in [5, 5.41) is 16.5. The number of phenolic OH excluding ortho intramolecular Hbond substituents is 1. The van der Waals surface area contributed by atoms with E-state index in [-0.39, 0.29) is 11.8 Å². The van der Waals surface area contributed by atoms with Crippen molar-refractivity contribution in [3.63, 3.8) is 0 Å². The lowest BCUT2D eigenvalue weighted by molar-refractivity contribution is -0.0211. The Morgan fingerprint density at radius 2 is 1.96 bits per heavy atom. The number of phenols is 1. The summed E-state index contributed by atoms with van der Waals surface area (Å²) < 4.78 is 11.9. The van der Waals surface area contributed by atoms with Crippen LogP contribution in [0, 0.1) is 0 Å². The highest BCUT2D eigenvalue weighted by Crippen LogP contribution is 2.50. The van der Waals surface area contributed by atoms with Gasteiger partial charge in [0.2, 0.25) is 6.23 Å². The van der Waals surface area contributed by atoms with Crippen LogP contribution in [0.15, 0.2) is 72.1 Å². The topological polar surface area (TPSA) is 67.2 Å². The SMILES string of the molecule is COc1cccc2c1OC(c1cccnc1)N1N=C(c3ccc(O)cc3)CC21. The molecule has 3 aromatic rings. The maximum Gasteiger partial charge on any atom is 0.215 e. The molecule has 1 aromatic heterocycles. The number of methoxy groups -OCH3 is 1. The molecule has 2 atom stereocenters. The fourth-order valence-corrected chi connectivity index (χ4v) is 3.81. The van der Waals surface area contributed by atoms with Crippen molar-refractivity contribution < 1.29 is 14.6 Å². The number of para-hydroxylation sites is 1. The minimum atomic E-state index is -0.392. The number of hydrogen-bond acceptors (Lipinski definition) is 6. The van der Waals surface area contributed by atoms with Gasteiger partial charge in [0.25, 0.3) is 0 Å². The van der Waals surface area contributed by atoms with E-state index in [2.05, 4.69) is 11.1 Å². The van der Waals surface area contributed by atoms with Gasteiger partial charge in [-0.3, -0.25) is 4.98 Å². The molecular weight excluding hydrogens is 354 g/mol. The van der Waals surface area contributed by atoms with Gasteiger partial charge in [0.15, 0.2) is 11.5 Å². The third-order valence-electron chi connectivity index (χ3n) is 5.17. The van der Waals surface area contributed by atoms with E-state index in [1.54, 1.807) is 31.6 Å². The molecule has 0 bridgehead atoms. The molecule has 0 fully saturated rings. The molecule has 0 saturated heterocycles. The predicted molar refractivity (Wildman–Crippen MR) is 104 cm³/mol. The average molecular weight is 373 g/mol. The summed E-state index contributed by atoms with van der Waals surface area (Å²) in [6.07, 6.45) is 3.89. The fraction of sp³-hybridized carbons (Fsp3) is 0.182. The van der Waals surface area contributed by atoms with E-state index in [1.807, 2.05) is 41.4 Å². The number of aromatic hydroxyl groups is 1. The van der Waals surface area contributed by atoms with Gasteiger partial charge in [-0.05, 0) is 42.0 Å². The van der Waals surface area contributed by atoms with Crippen LogP contribution in [0.2, 0.25) is 0 Å². The second-order valence-corrected chi connectivity index (χ2v) is 6.83. The van der Waals surface area contributed by atoms with Crippen LogP contribution >= 0.6 is 0 Å². The molecule has 2 unspecified atom stereocenters. The zero-order valence-electron chi connectivity index (χ0n) is 15.3. The quantitative estimate of drug-likeness (QED) is 0.751. The largest absolute Gasteiger partial charge is 0.508 e. The second-order valence-electron chi connectivity index (χ2n) is 6.83. The first kappa shape index (κ1) is 16.6. The number of benzene rings is 2. The van der Waals surface area contributed by atoms with Gasteiger partial charge in [-0.15, -0.1) is 0 Å². The average Bonchev–Trinajstić information content (AvgIpc) is 3.19. The Labute approximate surface area is 162 Å². The van der Waals surface area contributed by atoms with Gasteiger partial charge in [-0.25, -0.2) is 5.01 Å². The van der Waals surface area contributed by atoms with Gasteiger partial charge in [0.05, 0.1) is 18.9 Å². The molecule has 0 saturated carbocycles. The zero-order valence-corrected chi connectivity index (χ0v) is 15.3. The Kier molecular flexibility index (Phi) is 3.90. The molecule has 2 aliphatic rings. The Balaban J connectivity index is 1.61. The summed E-state index contributed by atoms with van der Waals surface area (Å²) in [6, 6.07) is 17.0. The van der Waals surface area contributed by atoms with Gasteiger partial charge in [0, 0.05) is 29.9 Å². The van der Waals surface area contributed by atoms with Crippen molar-refractivity contribution in [3.8, 4) is 17.2 Å². The number of hydrazone groups is 1. The van der Waals surface area contributed by atoms with Gasteiger partial charge < -0.3 is 14.6 Å². The van der Waals surface area contributed by atoms with Crippen LogP contribution in [0.4, 0.5) is 0 Å². The van der Waals surface area contributed by atoms with Crippen LogP contribution in [0.25, 0.3) is 0 Å². The Bertz CT molecular complexity index is 1030. The number of fused-ring (bicyclic) bond motifs is 3. The standard InChI is InChI=1S/C22H19N3O3/c1-27-20-6-2-5-17-19-12-18(14-7-9-16(26)10-8-14)24-25(19)22(28-21(17)20)15-4-3-11-23-13-15/h2-11,13,19,22,26H,12H2,1H3. The summed E-state index contributed by atoms with van der Waals surface area (Å²) >= 11 is 0. The maximum absolute atomic E-state index is 9.59. The van der Waals surface area contributed by atoms with E-state index >= 15 is 0 Å². The van der Waals surface area contributed by atoms with Crippen molar-refractivity contribution in [2.24, 2.45) is 5.10 Å². The van der Waals surface area contributed by atoms with Crippen molar-refractivity contribution in [3.05, 3.63) is 83.7 Å². The van der Waals surface area contributed by atoms with Crippen molar-refractivity contribution in [2.45, 2.75) is 18.7 Å². The van der Waals surface area contributed by atoms with Crippen molar-refractivity contribution in [1.82, 2.24) is 9.99 Å². The minimum absolute atomic E-state index is 0.0351. The molecule has 2 aliphatic heterocycles. The summed E-state index contributed by atoms with van der Waals surface area (Å²) in [4.78, 5) is 4.25. The lowest BCUT2D eigenvalue weighted by atomic mass is 9.95. The van der Waals surface area contributed by atoms with Crippen molar-refractivity contribution >= 4 is 5.71 Å². The van der Waals surface area contributed by atoms with E-state index in [0.717, 1.165) is 34.6 Å². The number of hydrogen-bond donors (Lipinski definition) is 1. The van der Waals surface area contributed by atoms with Crippen molar-refractivity contribution in [2.75, 3.05) is 7.11 Å². The van der Waals surface area contributed by atoms with Crippen LogP contribution in [0.3, 0.4) is 0 Å². The molecule has 6 heteroatoms. The van der Waals surface area contributed by atoms with Crippen LogP contribution in [0.1, 0.15) is 35.4 Å². The molecule has 140 valence electrons. The van der Waals surface area contributed by atoms with Crippen LogP contribution in [-0.4, -0.2) is 27.9 Å². The molecule has 0 radical (unpaired) electrons. The number of pyridine rings is 1. The molecule has 3 heterocycles. The number of aromatic nitrogens is 1. The van der Waals surface area contributed by atoms with E-state index in [4.69, 9.17) is 14.6 Å². The Morgan fingerprint density at radius 1 is 1.11 bits per heavy atom. The highest BCUT2D eigenvalue weighted by molar-refractivity contribution is 6.02. The fourth-order valence-electron chi connectivity index (χ4n) is 3.81. The second kappa shape index (κ2) is 6.56. The maximum atomic E-state index is 9.59. The van der Waals surface area contributed by atoms with Crippen LogP contribution < -0.4 is 9.47 Å². The minimum Gasteiger partial charge on any atom is -0.508 e. The molecule has 0 amide bonds. The first-order valence-corrected chi connectivity index (χ1v) is 9.13. The summed E-state index contributed by atoms with van der Waals surface area (Å²) in [6.45, 7) is 0. The Morgan fingerprint density at radius 3 is 2.71 bits per heavy atom. The first-order valence-electron chi connectivity index (χ1n) is 9.13. The van der Waals surface area contributed by atoms with Crippen molar-refractivity contribution in [1.29, 1.82) is 0 Å². The highest BCUT2D eigenvalue weighted by atomic mass is 16.5. The summed E-state index contributed by atoms with van der Waals surface area (Å²) in [5.74, 6) is 1.71. The van der Waals surface area contributed by atoms with Gasteiger partial charge in [0.1, 0.15) is 5.75 Å². The van der Waals surface area contributed by atoms with Gasteiger partial charge in [-0.2, -0.15) is 5.10 Å². The Hall–Kier alpha value is -3.54. The number of nitrogens with zero attached hydrogens (tertiary/aromatic N) is 3. The molecule has 0 spiro atoms. The zero-order chi connectivity index (χ0) is 19.1. The molecule has 5 rings (SSSR count). The van der Waals surface area contributed by atoms with Gasteiger partial charge in [-0.1, -0.05) is 18.2 Å². The smallest absolute Gasteiger partial charge is 0.215 e. The first-order chi connectivity index (χ1) is 13.7. The lowest BCUT2D eigenvalue weighted by Gasteiger charge is -2.38. The molecular formula is C22H19N3O3. The van der Waals surface area contributed by atoms with E-state index in [0.29, 0.717) is 5.75 Å². The summed E-state index contributed by atoms with van der Waals surface area (Å²) in [5.41, 5.74) is 3.93. The summed E-state index contributed by atoms with van der Waals surface area (Å²) in [7, 11) is 1.65. The molecule has 0 aliphatic carbocycles. The molecule has 1 N–H and O–H groups in total. The normalized spacial score (nSPS) is 20.0. The highest BCUT2D eigenvalue weighted by Gasteiger charge is 2.42. The molecule has 2 aromatic carbocycles. The molecule has 28 heavy (non-hydrogen) atoms. The predicted octanol–water partition coefficient (Wildman–Crippen LogP) is 4.04. The van der Waals surface area contributed by atoms with E-state index in [1.165, 1.54) is 0 Å².